The summed E-state index contributed by atoms with van der Waals surface area (Å²) in [5, 5.41) is 2.89. The summed E-state index contributed by atoms with van der Waals surface area (Å²) in [6, 6.07) is 1.45. The van der Waals surface area contributed by atoms with Gasteiger partial charge in [0.1, 0.15) is 5.56 Å². The molecule has 1 aliphatic rings. The lowest BCUT2D eigenvalue weighted by Gasteiger charge is -2.41. The average molecular weight is 248 g/mol. The van der Waals surface area contributed by atoms with Crippen molar-refractivity contribution in [1.82, 2.24) is 10.3 Å². The summed E-state index contributed by atoms with van der Waals surface area (Å²) in [6.45, 7) is 4.63. The number of aromatic nitrogens is 1. The molecule has 1 aliphatic carbocycles. The molecule has 1 heterocycles. The second-order valence-electron chi connectivity index (χ2n) is 5.28. The summed E-state index contributed by atoms with van der Waals surface area (Å²) in [5.74, 6) is -0.268. The van der Waals surface area contributed by atoms with E-state index in [0.717, 1.165) is 12.1 Å². The summed E-state index contributed by atoms with van der Waals surface area (Å²) in [6.07, 6.45) is 6.17. The first-order chi connectivity index (χ1) is 8.56. The molecule has 0 unspecified atom stereocenters. The van der Waals surface area contributed by atoms with E-state index in [1.54, 1.807) is 6.92 Å². The van der Waals surface area contributed by atoms with Crippen LogP contribution in [0.1, 0.15) is 48.7 Å². The van der Waals surface area contributed by atoms with Gasteiger partial charge in [0.25, 0.3) is 5.91 Å². The largest absolute Gasteiger partial charge is 0.364 e. The van der Waals surface area contributed by atoms with Crippen molar-refractivity contribution in [2.75, 3.05) is 6.54 Å². The minimum atomic E-state index is -0.268. The van der Waals surface area contributed by atoms with E-state index in [-0.39, 0.29) is 22.3 Å². The van der Waals surface area contributed by atoms with Crippen molar-refractivity contribution in [1.29, 1.82) is 0 Å². The molecule has 4 heteroatoms. The molecule has 1 aromatic rings. The van der Waals surface area contributed by atoms with Gasteiger partial charge < -0.3 is 10.3 Å². The van der Waals surface area contributed by atoms with Gasteiger partial charge in [-0.2, -0.15) is 0 Å². The lowest BCUT2D eigenvalue weighted by atomic mass is 9.67. The summed E-state index contributed by atoms with van der Waals surface area (Å²) >= 11 is 0. The van der Waals surface area contributed by atoms with E-state index < -0.39 is 0 Å². The van der Waals surface area contributed by atoms with E-state index >= 15 is 0 Å². The highest BCUT2D eigenvalue weighted by molar-refractivity contribution is 5.93. The predicted molar refractivity (Wildman–Crippen MR) is 70.7 cm³/mol. The molecule has 0 aliphatic heterocycles. The normalized spacial score (nSPS) is 17.0. The summed E-state index contributed by atoms with van der Waals surface area (Å²) in [4.78, 5) is 26.5. The number of aryl methyl sites for hydroxylation is 1. The highest BCUT2D eigenvalue weighted by atomic mass is 16.2. The first-order valence-corrected chi connectivity index (χ1v) is 6.54. The van der Waals surface area contributed by atoms with Gasteiger partial charge in [-0.3, -0.25) is 9.59 Å². The molecule has 1 saturated carbocycles. The van der Waals surface area contributed by atoms with E-state index in [2.05, 4.69) is 17.2 Å². The van der Waals surface area contributed by atoms with Crippen molar-refractivity contribution in [2.24, 2.45) is 5.41 Å². The average Bonchev–Trinajstić information content (AvgIpc) is 2.27. The van der Waals surface area contributed by atoms with Crippen molar-refractivity contribution in [3.05, 3.63) is 33.7 Å². The fourth-order valence-electron chi connectivity index (χ4n) is 2.45. The SMILES string of the molecule is CCC1(CNC(=O)c2c[nH]c(C)cc2=O)CCC1. The molecule has 98 valence electrons. The van der Waals surface area contributed by atoms with Crippen LogP contribution in [0.25, 0.3) is 0 Å². The second-order valence-corrected chi connectivity index (χ2v) is 5.28. The number of rotatable bonds is 4. The van der Waals surface area contributed by atoms with Gasteiger partial charge in [0, 0.05) is 24.5 Å². The Morgan fingerprint density at radius 2 is 2.22 bits per heavy atom. The van der Waals surface area contributed by atoms with E-state index in [0.29, 0.717) is 6.54 Å². The Bertz CT molecular complexity index is 495. The molecule has 0 bridgehead atoms. The zero-order valence-corrected chi connectivity index (χ0v) is 11.0. The molecule has 18 heavy (non-hydrogen) atoms. The summed E-state index contributed by atoms with van der Waals surface area (Å²) in [7, 11) is 0. The summed E-state index contributed by atoms with van der Waals surface area (Å²) in [5.41, 5.74) is 1.02. The number of amides is 1. The molecule has 0 radical (unpaired) electrons. The van der Waals surface area contributed by atoms with E-state index in [1.165, 1.54) is 31.5 Å². The Labute approximate surface area is 107 Å². The van der Waals surface area contributed by atoms with Crippen LogP contribution in [0.3, 0.4) is 0 Å². The maximum Gasteiger partial charge on any atom is 0.256 e. The first kappa shape index (κ1) is 12.9. The van der Waals surface area contributed by atoms with E-state index in [4.69, 9.17) is 0 Å². The fourth-order valence-corrected chi connectivity index (χ4v) is 2.45. The number of pyridine rings is 1. The van der Waals surface area contributed by atoms with Crippen LogP contribution < -0.4 is 10.7 Å². The number of aromatic amines is 1. The van der Waals surface area contributed by atoms with Crippen molar-refractivity contribution < 1.29 is 4.79 Å². The van der Waals surface area contributed by atoms with Crippen LogP contribution >= 0.6 is 0 Å². The lowest BCUT2D eigenvalue weighted by Crippen LogP contribution is -2.42. The Morgan fingerprint density at radius 3 is 2.72 bits per heavy atom. The third-order valence-corrected chi connectivity index (χ3v) is 4.09. The molecule has 2 N–H and O–H groups in total. The van der Waals surface area contributed by atoms with Crippen molar-refractivity contribution in [2.45, 2.75) is 39.5 Å². The molecule has 0 saturated heterocycles. The number of H-pyrrole nitrogens is 1. The highest BCUT2D eigenvalue weighted by Gasteiger charge is 2.35. The number of hydrogen-bond acceptors (Lipinski definition) is 2. The number of nitrogens with one attached hydrogen (secondary N) is 2. The van der Waals surface area contributed by atoms with Gasteiger partial charge in [-0.1, -0.05) is 13.3 Å². The Balaban J connectivity index is 2.02. The first-order valence-electron chi connectivity index (χ1n) is 6.54. The van der Waals surface area contributed by atoms with Crippen LogP contribution in [0.5, 0.6) is 0 Å². The molecule has 1 amide bonds. The molecule has 0 aromatic carbocycles. The zero-order valence-electron chi connectivity index (χ0n) is 11.0. The smallest absolute Gasteiger partial charge is 0.256 e. The minimum absolute atomic E-state index is 0.200. The standard InChI is InChI=1S/C14H20N2O2/c1-3-14(5-4-6-14)9-16-13(18)11-8-15-10(2)7-12(11)17/h7-8H,3-6,9H2,1-2H3,(H,15,17)(H,16,18). The van der Waals surface area contributed by atoms with Crippen LogP contribution in [0.4, 0.5) is 0 Å². The molecular weight excluding hydrogens is 228 g/mol. The maximum absolute atomic E-state index is 11.9. The van der Waals surface area contributed by atoms with Crippen LogP contribution in [-0.4, -0.2) is 17.4 Å². The highest BCUT2D eigenvalue weighted by Crippen LogP contribution is 2.43. The van der Waals surface area contributed by atoms with Crippen molar-refractivity contribution >= 4 is 5.91 Å². The topological polar surface area (TPSA) is 62.0 Å². The number of carbonyl (C=O) groups is 1. The Kier molecular flexibility index (Phi) is 3.55. The molecular formula is C14H20N2O2. The predicted octanol–water partition coefficient (Wildman–Crippen LogP) is 1.99. The Morgan fingerprint density at radius 1 is 1.50 bits per heavy atom. The van der Waals surface area contributed by atoms with Crippen molar-refractivity contribution in [3.63, 3.8) is 0 Å². The zero-order chi connectivity index (χ0) is 13.2. The van der Waals surface area contributed by atoms with Gasteiger partial charge in [-0.25, -0.2) is 0 Å². The maximum atomic E-state index is 11.9. The molecule has 0 spiro atoms. The molecule has 0 atom stereocenters. The minimum Gasteiger partial charge on any atom is -0.364 e. The second kappa shape index (κ2) is 4.96. The molecule has 4 nitrogen and oxygen atoms in total. The Hall–Kier alpha value is -1.58. The van der Waals surface area contributed by atoms with Crippen LogP contribution in [-0.2, 0) is 0 Å². The third-order valence-electron chi connectivity index (χ3n) is 4.09. The van der Waals surface area contributed by atoms with Gasteiger partial charge in [0.05, 0.1) is 0 Å². The van der Waals surface area contributed by atoms with Gasteiger partial charge in [-0.15, -0.1) is 0 Å². The monoisotopic (exact) mass is 248 g/mol. The van der Waals surface area contributed by atoms with Gasteiger partial charge in [-0.05, 0) is 31.6 Å². The molecule has 1 fully saturated rings. The van der Waals surface area contributed by atoms with E-state index in [9.17, 15) is 9.59 Å². The third kappa shape index (κ3) is 2.47. The van der Waals surface area contributed by atoms with Gasteiger partial charge >= 0.3 is 0 Å². The van der Waals surface area contributed by atoms with Gasteiger partial charge in [0.15, 0.2) is 5.43 Å². The van der Waals surface area contributed by atoms with Crippen LogP contribution in [0.15, 0.2) is 17.1 Å². The summed E-state index contributed by atoms with van der Waals surface area (Å²) < 4.78 is 0. The number of hydrogen-bond donors (Lipinski definition) is 2. The quantitative estimate of drug-likeness (QED) is 0.856. The number of carbonyl (C=O) groups excluding carboxylic acids is 1. The van der Waals surface area contributed by atoms with Gasteiger partial charge in [0.2, 0.25) is 0 Å². The van der Waals surface area contributed by atoms with Crippen LogP contribution in [0, 0.1) is 12.3 Å². The van der Waals surface area contributed by atoms with Crippen molar-refractivity contribution in [3.8, 4) is 0 Å². The van der Waals surface area contributed by atoms with Crippen LogP contribution in [0.2, 0.25) is 0 Å². The fraction of sp³-hybridized carbons (Fsp3) is 0.571. The lowest BCUT2D eigenvalue weighted by molar-refractivity contribution is 0.0849. The molecule has 1 aromatic heterocycles. The molecule has 2 rings (SSSR count). The van der Waals surface area contributed by atoms with E-state index in [1.807, 2.05) is 0 Å².